The fourth-order valence-corrected chi connectivity index (χ4v) is 5.44. The van der Waals surface area contributed by atoms with Gasteiger partial charge in [-0.3, -0.25) is 9.48 Å². The van der Waals surface area contributed by atoms with Gasteiger partial charge >= 0.3 is 0 Å². The number of ether oxygens (including phenoxy) is 1. The van der Waals surface area contributed by atoms with Crippen molar-refractivity contribution in [2.24, 2.45) is 11.8 Å². The quantitative estimate of drug-likeness (QED) is 0.704. The predicted octanol–water partition coefficient (Wildman–Crippen LogP) is -0.406. The zero-order valence-corrected chi connectivity index (χ0v) is 16.8. The number of carbonyl (C=O) groups is 1. The van der Waals surface area contributed by atoms with Crippen LogP contribution in [0.5, 0.6) is 0 Å². The Balaban J connectivity index is 1.43. The van der Waals surface area contributed by atoms with Gasteiger partial charge in [-0.1, -0.05) is 0 Å². The third kappa shape index (κ3) is 3.28. The van der Waals surface area contributed by atoms with Gasteiger partial charge in [-0.15, -0.1) is 0 Å². The second kappa shape index (κ2) is 6.54. The van der Waals surface area contributed by atoms with Gasteiger partial charge in [-0.25, -0.2) is 4.72 Å². The minimum Gasteiger partial charge on any atom is -0.369 e. The molecule has 27 heavy (non-hydrogen) atoms. The molecule has 3 saturated heterocycles. The second-order valence-electron chi connectivity index (χ2n) is 8.16. The molecule has 4 atom stereocenters. The molecule has 0 radical (unpaired) electrons. The molecule has 1 spiro atoms. The number of nitrogens with one attached hydrogen (secondary N) is 1. The summed E-state index contributed by atoms with van der Waals surface area (Å²) in [5, 5.41) is 4.19. The molecule has 3 aliphatic rings. The van der Waals surface area contributed by atoms with Crippen molar-refractivity contribution in [1.29, 1.82) is 0 Å². The number of hydrogen-bond acceptors (Lipinski definition) is 5. The van der Waals surface area contributed by atoms with Crippen LogP contribution < -0.4 is 4.72 Å². The number of aryl methyl sites for hydroxylation is 1. The fourth-order valence-electron chi connectivity index (χ4n) is 4.78. The zero-order chi connectivity index (χ0) is 19.4. The molecule has 3 fully saturated rings. The molecule has 9 nitrogen and oxygen atoms in total. The summed E-state index contributed by atoms with van der Waals surface area (Å²) < 4.78 is 35.9. The molecule has 0 aliphatic carbocycles. The first-order valence-corrected chi connectivity index (χ1v) is 10.8. The van der Waals surface area contributed by atoms with Gasteiger partial charge in [0.2, 0.25) is 5.91 Å². The Bertz CT molecular complexity index is 838. The summed E-state index contributed by atoms with van der Waals surface area (Å²) in [6.45, 7) is 3.71. The number of likely N-dealkylation sites (tertiary alicyclic amines) is 1. The largest absolute Gasteiger partial charge is 0.369 e. The molecule has 3 aliphatic heterocycles. The van der Waals surface area contributed by atoms with Gasteiger partial charge in [0.25, 0.3) is 10.2 Å². The third-order valence-corrected chi connectivity index (χ3v) is 7.67. The van der Waals surface area contributed by atoms with E-state index in [9.17, 15) is 13.2 Å². The maximum atomic E-state index is 12.7. The Hall–Kier alpha value is -1.49. The van der Waals surface area contributed by atoms with Gasteiger partial charge in [0.1, 0.15) is 6.54 Å². The number of nitrogens with zero attached hydrogens (tertiary/aromatic N) is 4. The van der Waals surface area contributed by atoms with E-state index < -0.39 is 10.2 Å². The number of carbonyl (C=O) groups excluding carboxylic acids is 1. The van der Waals surface area contributed by atoms with Crippen LogP contribution >= 0.6 is 0 Å². The van der Waals surface area contributed by atoms with Crippen LogP contribution in [0.2, 0.25) is 0 Å². The van der Waals surface area contributed by atoms with Gasteiger partial charge in [-0.2, -0.15) is 17.8 Å². The molecule has 4 heterocycles. The van der Waals surface area contributed by atoms with Crippen molar-refractivity contribution < 1.29 is 17.9 Å². The number of rotatable bonds is 6. The van der Waals surface area contributed by atoms with Crippen LogP contribution in [-0.2, 0) is 26.3 Å². The van der Waals surface area contributed by atoms with Crippen LogP contribution in [0.3, 0.4) is 0 Å². The van der Waals surface area contributed by atoms with Gasteiger partial charge in [0.15, 0.2) is 0 Å². The second-order valence-corrected chi connectivity index (χ2v) is 10.1. The molecule has 1 N–H and O–H groups in total. The minimum absolute atomic E-state index is 0.0292. The highest BCUT2D eigenvalue weighted by Crippen LogP contribution is 2.54. The number of aromatic nitrogens is 2. The summed E-state index contributed by atoms with van der Waals surface area (Å²) in [5.74, 6) is 0.296. The van der Waals surface area contributed by atoms with Gasteiger partial charge in [0.05, 0.1) is 24.4 Å². The van der Waals surface area contributed by atoms with Crippen molar-refractivity contribution in [3.8, 4) is 0 Å². The molecule has 150 valence electrons. The van der Waals surface area contributed by atoms with E-state index in [4.69, 9.17) is 4.74 Å². The van der Waals surface area contributed by atoms with E-state index in [1.807, 2.05) is 18.0 Å². The van der Waals surface area contributed by atoms with E-state index in [2.05, 4.69) is 9.82 Å². The summed E-state index contributed by atoms with van der Waals surface area (Å²) in [6.07, 6.45) is 5.52. The molecule has 1 amide bonds. The summed E-state index contributed by atoms with van der Waals surface area (Å²) in [5.41, 5.74) is 0.712. The van der Waals surface area contributed by atoms with Crippen molar-refractivity contribution in [3.05, 3.63) is 18.0 Å². The van der Waals surface area contributed by atoms with Gasteiger partial charge in [0, 0.05) is 45.2 Å². The molecule has 2 bridgehead atoms. The van der Waals surface area contributed by atoms with Crippen LogP contribution in [0.1, 0.15) is 18.4 Å². The average molecular weight is 398 g/mol. The van der Waals surface area contributed by atoms with E-state index in [0.717, 1.165) is 18.4 Å². The van der Waals surface area contributed by atoms with Crippen molar-refractivity contribution in [2.75, 3.05) is 33.7 Å². The monoisotopic (exact) mass is 397 g/mol. The molecule has 4 rings (SSSR count). The third-order valence-electron chi connectivity index (χ3n) is 6.18. The molecule has 0 saturated carbocycles. The van der Waals surface area contributed by atoms with E-state index in [-0.39, 0.29) is 36.0 Å². The predicted molar refractivity (Wildman–Crippen MR) is 98.0 cm³/mol. The molecule has 1 aromatic heterocycles. The van der Waals surface area contributed by atoms with Crippen LogP contribution in [0.15, 0.2) is 12.4 Å². The SMILES string of the molecule is Cc1cnn(CC(=O)N2C[C@@H]3[C@H](CNS(=O)(=O)N(C)C)[C@H]4CC[C@]3(C2)O4)c1. The Kier molecular flexibility index (Phi) is 4.57. The van der Waals surface area contributed by atoms with Crippen LogP contribution in [0, 0.1) is 18.8 Å². The minimum atomic E-state index is -3.47. The smallest absolute Gasteiger partial charge is 0.278 e. The highest BCUT2D eigenvalue weighted by atomic mass is 32.2. The lowest BCUT2D eigenvalue weighted by Gasteiger charge is -2.29. The average Bonchev–Trinajstić information content (AvgIpc) is 3.33. The Morgan fingerprint density at radius 1 is 1.48 bits per heavy atom. The standard InChI is InChI=1S/C17H27N5O4S/c1-12-6-18-22(8-12)10-16(23)21-9-14-13(7-19-27(24,25)20(2)3)15-4-5-17(14,11-21)26-15/h6,8,13-15,19H,4-5,7,9-11H2,1-3H3/t13-,14+,15+,17+/m0/s1. The van der Waals surface area contributed by atoms with Crippen LogP contribution in [-0.4, -0.2) is 78.7 Å². The molecular formula is C17H27N5O4S. The zero-order valence-electron chi connectivity index (χ0n) is 16.0. The van der Waals surface area contributed by atoms with E-state index in [1.165, 1.54) is 18.4 Å². The van der Waals surface area contributed by atoms with E-state index in [0.29, 0.717) is 19.6 Å². The lowest BCUT2D eigenvalue weighted by atomic mass is 9.74. The lowest BCUT2D eigenvalue weighted by molar-refractivity contribution is -0.132. The van der Waals surface area contributed by atoms with E-state index >= 15 is 0 Å². The maximum Gasteiger partial charge on any atom is 0.278 e. The van der Waals surface area contributed by atoms with Gasteiger partial charge in [-0.05, 0) is 25.3 Å². The van der Waals surface area contributed by atoms with E-state index in [1.54, 1.807) is 10.9 Å². The Morgan fingerprint density at radius 3 is 2.93 bits per heavy atom. The van der Waals surface area contributed by atoms with Crippen LogP contribution in [0.25, 0.3) is 0 Å². The highest BCUT2D eigenvalue weighted by Gasteiger charge is 2.63. The normalized spacial score (nSPS) is 32.4. The van der Waals surface area contributed by atoms with Crippen LogP contribution in [0.4, 0.5) is 0 Å². The summed E-state index contributed by atoms with van der Waals surface area (Å²) in [7, 11) is -0.450. The van der Waals surface area contributed by atoms with Gasteiger partial charge < -0.3 is 9.64 Å². The van der Waals surface area contributed by atoms with Crippen molar-refractivity contribution in [1.82, 2.24) is 23.7 Å². The first-order valence-electron chi connectivity index (χ1n) is 9.32. The number of amides is 1. The molecule has 1 aromatic rings. The number of fused-ring (bicyclic) bond motifs is 1. The van der Waals surface area contributed by atoms with Crippen molar-refractivity contribution in [3.63, 3.8) is 0 Å². The first-order chi connectivity index (χ1) is 12.7. The summed E-state index contributed by atoms with van der Waals surface area (Å²) in [6, 6.07) is 0. The Labute approximate surface area is 159 Å². The maximum absolute atomic E-state index is 12.7. The Morgan fingerprint density at radius 2 is 2.26 bits per heavy atom. The molecule has 0 aromatic carbocycles. The topological polar surface area (TPSA) is 96.8 Å². The molecular weight excluding hydrogens is 370 g/mol. The highest BCUT2D eigenvalue weighted by molar-refractivity contribution is 7.87. The fraction of sp³-hybridized carbons (Fsp3) is 0.765. The summed E-state index contributed by atoms with van der Waals surface area (Å²) in [4.78, 5) is 14.6. The van der Waals surface area contributed by atoms with Crippen molar-refractivity contribution in [2.45, 2.75) is 38.0 Å². The van der Waals surface area contributed by atoms with Crippen molar-refractivity contribution >= 4 is 16.1 Å². The first kappa shape index (κ1) is 18.9. The lowest BCUT2D eigenvalue weighted by Crippen LogP contribution is -2.44. The summed E-state index contributed by atoms with van der Waals surface area (Å²) >= 11 is 0. The number of hydrogen-bond donors (Lipinski definition) is 1. The molecule has 10 heteroatoms. The molecule has 0 unspecified atom stereocenters.